The lowest BCUT2D eigenvalue weighted by Crippen LogP contribution is -2.13. The summed E-state index contributed by atoms with van der Waals surface area (Å²) in [5.41, 5.74) is 2.64. The molecule has 7 nitrogen and oxygen atoms in total. The van der Waals surface area contributed by atoms with Gasteiger partial charge in [-0.15, -0.1) is 23.1 Å². The second-order valence-electron chi connectivity index (χ2n) is 7.02. The van der Waals surface area contributed by atoms with Gasteiger partial charge >= 0.3 is 0 Å². The van der Waals surface area contributed by atoms with Gasteiger partial charge < -0.3 is 9.47 Å². The molecule has 0 aliphatic carbocycles. The van der Waals surface area contributed by atoms with Gasteiger partial charge in [0.05, 0.1) is 11.5 Å². The van der Waals surface area contributed by atoms with E-state index in [0.29, 0.717) is 29.5 Å². The first-order valence-electron chi connectivity index (χ1n) is 9.55. The second-order valence-corrected chi connectivity index (χ2v) is 9.02. The number of non-ortho nitro benzene ring substituents is 1. The predicted octanol–water partition coefficient (Wildman–Crippen LogP) is 5.73. The third kappa shape index (κ3) is 3.99. The fraction of sp³-hybridized carbons (Fsp3) is 0.182. The van der Waals surface area contributed by atoms with Gasteiger partial charge in [-0.3, -0.25) is 10.1 Å². The highest BCUT2D eigenvalue weighted by Gasteiger charge is 2.22. The number of hydrogen-bond acceptors (Lipinski definition) is 8. The fourth-order valence-corrected chi connectivity index (χ4v) is 5.65. The summed E-state index contributed by atoms with van der Waals surface area (Å²) in [6.07, 6.45) is 0. The molecule has 9 heteroatoms. The van der Waals surface area contributed by atoms with Crippen molar-refractivity contribution >= 4 is 39.0 Å². The van der Waals surface area contributed by atoms with Crippen LogP contribution in [0.3, 0.4) is 0 Å². The van der Waals surface area contributed by atoms with Gasteiger partial charge in [-0.05, 0) is 18.6 Å². The van der Waals surface area contributed by atoms with E-state index in [1.165, 1.54) is 17.8 Å². The molecular formula is C22H17N3O4S2. The van der Waals surface area contributed by atoms with Crippen LogP contribution in [0.4, 0.5) is 5.69 Å². The summed E-state index contributed by atoms with van der Waals surface area (Å²) < 4.78 is 11.0. The van der Waals surface area contributed by atoms with Crippen molar-refractivity contribution in [2.24, 2.45) is 0 Å². The zero-order chi connectivity index (χ0) is 21.4. The number of nitrogens with zero attached hydrogens (tertiary/aromatic N) is 3. The molecule has 1 aliphatic heterocycles. The average Bonchev–Trinajstić information content (AvgIpc) is 3.21. The molecule has 4 aromatic rings. The minimum absolute atomic E-state index is 0.0364. The van der Waals surface area contributed by atoms with E-state index >= 15 is 0 Å². The third-order valence-corrected chi connectivity index (χ3v) is 6.99. The van der Waals surface area contributed by atoms with E-state index in [9.17, 15) is 10.1 Å². The van der Waals surface area contributed by atoms with Crippen LogP contribution < -0.4 is 4.74 Å². The standard InChI is InChI=1S/C22H17N3O4S2/c1-13-23-21(18-9-19(31-22(18)24-13)14-5-3-2-4-6-14)30-11-16-8-17(25(26)27)7-15-10-28-12-29-20(15)16/h2-9H,10-12H2,1H3. The topological polar surface area (TPSA) is 87.4 Å². The Balaban J connectivity index is 1.51. The van der Waals surface area contributed by atoms with Crippen LogP contribution in [0, 0.1) is 17.0 Å². The number of nitro groups is 1. The van der Waals surface area contributed by atoms with Gasteiger partial charge in [-0.2, -0.15) is 0 Å². The Labute approximate surface area is 186 Å². The van der Waals surface area contributed by atoms with Crippen LogP contribution in [0.5, 0.6) is 5.75 Å². The van der Waals surface area contributed by atoms with Crippen LogP contribution in [0.1, 0.15) is 17.0 Å². The molecule has 0 bridgehead atoms. The Morgan fingerprint density at radius 1 is 1.19 bits per heavy atom. The first-order chi connectivity index (χ1) is 15.1. The Morgan fingerprint density at radius 2 is 2.03 bits per heavy atom. The summed E-state index contributed by atoms with van der Waals surface area (Å²) in [4.78, 5) is 22.3. The minimum Gasteiger partial charge on any atom is -0.467 e. The van der Waals surface area contributed by atoms with Gasteiger partial charge in [0, 0.05) is 39.3 Å². The number of aromatic nitrogens is 2. The van der Waals surface area contributed by atoms with Crippen LogP contribution in [0.25, 0.3) is 20.7 Å². The number of thioether (sulfide) groups is 1. The van der Waals surface area contributed by atoms with Crippen LogP contribution in [-0.4, -0.2) is 21.7 Å². The highest BCUT2D eigenvalue weighted by molar-refractivity contribution is 7.98. The van der Waals surface area contributed by atoms with Crippen molar-refractivity contribution in [1.29, 1.82) is 0 Å². The quantitative estimate of drug-likeness (QED) is 0.166. The molecule has 0 amide bonds. The van der Waals surface area contributed by atoms with Crippen molar-refractivity contribution in [2.45, 2.75) is 24.3 Å². The largest absolute Gasteiger partial charge is 0.467 e. The molecule has 0 saturated carbocycles. The lowest BCUT2D eigenvalue weighted by Gasteiger charge is -2.20. The molecule has 0 spiro atoms. The van der Waals surface area contributed by atoms with Crippen molar-refractivity contribution in [1.82, 2.24) is 9.97 Å². The van der Waals surface area contributed by atoms with Crippen LogP contribution >= 0.6 is 23.1 Å². The van der Waals surface area contributed by atoms with Gasteiger partial charge in [0.2, 0.25) is 0 Å². The summed E-state index contributed by atoms with van der Waals surface area (Å²) in [6, 6.07) is 15.4. The Hall–Kier alpha value is -3.01. The predicted molar refractivity (Wildman–Crippen MR) is 121 cm³/mol. The van der Waals surface area contributed by atoms with Gasteiger partial charge in [0.1, 0.15) is 21.4 Å². The molecule has 0 radical (unpaired) electrons. The van der Waals surface area contributed by atoms with E-state index in [1.807, 2.05) is 25.1 Å². The zero-order valence-corrected chi connectivity index (χ0v) is 18.2. The monoisotopic (exact) mass is 451 g/mol. The van der Waals surface area contributed by atoms with E-state index < -0.39 is 0 Å². The first-order valence-corrected chi connectivity index (χ1v) is 11.4. The maximum Gasteiger partial charge on any atom is 0.270 e. The molecule has 2 aromatic heterocycles. The highest BCUT2D eigenvalue weighted by atomic mass is 32.2. The summed E-state index contributed by atoms with van der Waals surface area (Å²) in [5.74, 6) is 1.86. The molecule has 3 heterocycles. The summed E-state index contributed by atoms with van der Waals surface area (Å²) in [6.45, 7) is 2.32. The fourth-order valence-electron chi connectivity index (χ4n) is 3.49. The molecule has 0 saturated heterocycles. The number of nitro benzene ring substituents is 1. The van der Waals surface area contributed by atoms with E-state index in [2.05, 4.69) is 28.2 Å². The molecule has 0 unspecified atom stereocenters. The van der Waals surface area contributed by atoms with E-state index in [-0.39, 0.29) is 17.4 Å². The summed E-state index contributed by atoms with van der Waals surface area (Å²) in [7, 11) is 0. The highest BCUT2D eigenvalue weighted by Crippen LogP contribution is 2.40. The van der Waals surface area contributed by atoms with Gasteiger partial charge in [0.25, 0.3) is 5.69 Å². The van der Waals surface area contributed by atoms with Crippen LogP contribution in [0.2, 0.25) is 0 Å². The molecule has 0 N–H and O–H groups in total. The molecule has 5 rings (SSSR count). The molecule has 156 valence electrons. The molecule has 31 heavy (non-hydrogen) atoms. The van der Waals surface area contributed by atoms with Gasteiger partial charge in [-0.1, -0.05) is 30.3 Å². The first kappa shape index (κ1) is 19.9. The number of benzene rings is 2. The van der Waals surface area contributed by atoms with Gasteiger partial charge in [-0.25, -0.2) is 9.97 Å². The van der Waals surface area contributed by atoms with E-state index in [1.54, 1.807) is 17.4 Å². The van der Waals surface area contributed by atoms with Crippen LogP contribution in [-0.2, 0) is 17.1 Å². The lowest BCUT2D eigenvalue weighted by molar-refractivity contribution is -0.385. The molecule has 0 atom stereocenters. The number of thiophene rings is 1. The number of hydrogen-bond donors (Lipinski definition) is 0. The second kappa shape index (κ2) is 8.26. The number of fused-ring (bicyclic) bond motifs is 2. The number of ether oxygens (including phenoxy) is 2. The normalized spacial score (nSPS) is 13.1. The smallest absolute Gasteiger partial charge is 0.270 e. The zero-order valence-electron chi connectivity index (χ0n) is 16.5. The van der Waals surface area contributed by atoms with Crippen molar-refractivity contribution in [3.8, 4) is 16.2 Å². The van der Waals surface area contributed by atoms with E-state index in [0.717, 1.165) is 31.2 Å². The summed E-state index contributed by atoms with van der Waals surface area (Å²) in [5, 5.41) is 13.2. The Kier molecular flexibility index (Phi) is 5.31. The lowest BCUT2D eigenvalue weighted by atomic mass is 10.1. The maximum absolute atomic E-state index is 11.4. The van der Waals surface area contributed by atoms with Crippen molar-refractivity contribution in [2.75, 3.05) is 6.79 Å². The van der Waals surface area contributed by atoms with Crippen molar-refractivity contribution in [3.63, 3.8) is 0 Å². The molecule has 2 aromatic carbocycles. The van der Waals surface area contributed by atoms with E-state index in [4.69, 9.17) is 9.47 Å². The minimum atomic E-state index is -0.388. The maximum atomic E-state index is 11.4. The third-order valence-electron chi connectivity index (χ3n) is 4.87. The Bertz CT molecular complexity index is 1290. The summed E-state index contributed by atoms with van der Waals surface area (Å²) >= 11 is 3.17. The van der Waals surface area contributed by atoms with Crippen molar-refractivity contribution < 1.29 is 14.4 Å². The van der Waals surface area contributed by atoms with Gasteiger partial charge in [0.15, 0.2) is 6.79 Å². The van der Waals surface area contributed by atoms with Crippen molar-refractivity contribution in [3.05, 3.63) is 75.6 Å². The molecule has 1 aliphatic rings. The molecule has 0 fully saturated rings. The molecular weight excluding hydrogens is 434 g/mol. The average molecular weight is 452 g/mol. The van der Waals surface area contributed by atoms with Crippen LogP contribution in [0.15, 0.2) is 53.6 Å². The Morgan fingerprint density at radius 3 is 2.84 bits per heavy atom. The SMILES string of the molecule is Cc1nc(SCc2cc([N+](=O)[O-])cc3c2OCOC3)c2cc(-c3ccccc3)sc2n1. The number of rotatable bonds is 5. The number of aryl methyl sites for hydroxylation is 1.